The normalized spacial score (nSPS) is 14.6. The summed E-state index contributed by atoms with van der Waals surface area (Å²) in [5.41, 5.74) is 2.89. The minimum Gasteiger partial charge on any atom is -0.352 e. The summed E-state index contributed by atoms with van der Waals surface area (Å²) >= 11 is 12.6. The van der Waals surface area contributed by atoms with Crippen LogP contribution in [0.5, 0.6) is 0 Å². The topological polar surface area (TPSA) is 86.8 Å². The standard InChI is InChI=1S/C33H39Cl2N3O4S/c1-4-31(33(40)36-28-12-6-5-7-13-28)37(21-25-11-9-8-10-24(25)3)32(39)22-38(29-19-26(34)18-27(35)20-29)43(41,42)30-16-14-23(2)15-17-30/h8-11,14-20,28,31H,4-7,12-13,21-22H2,1-3H3,(H,36,40)/t31-/m1/s1. The number of amides is 2. The maximum Gasteiger partial charge on any atom is 0.264 e. The van der Waals surface area contributed by atoms with Gasteiger partial charge in [-0.3, -0.25) is 13.9 Å². The minimum atomic E-state index is -4.22. The van der Waals surface area contributed by atoms with Crippen LogP contribution in [0.4, 0.5) is 5.69 Å². The molecule has 7 nitrogen and oxygen atoms in total. The van der Waals surface area contributed by atoms with Crippen LogP contribution in [0.3, 0.4) is 0 Å². The van der Waals surface area contributed by atoms with Gasteiger partial charge in [0, 0.05) is 22.6 Å². The van der Waals surface area contributed by atoms with Crippen molar-refractivity contribution < 1.29 is 18.0 Å². The van der Waals surface area contributed by atoms with Crippen molar-refractivity contribution in [3.63, 3.8) is 0 Å². The number of hydrogen-bond donors (Lipinski definition) is 1. The van der Waals surface area contributed by atoms with Gasteiger partial charge in [-0.2, -0.15) is 0 Å². The third-order valence-electron chi connectivity index (χ3n) is 7.96. The molecule has 10 heteroatoms. The molecule has 230 valence electrons. The lowest BCUT2D eigenvalue weighted by atomic mass is 9.95. The molecule has 1 aliphatic rings. The Bertz CT molecular complexity index is 1520. The molecule has 43 heavy (non-hydrogen) atoms. The Morgan fingerprint density at radius 3 is 2.16 bits per heavy atom. The Morgan fingerprint density at radius 2 is 1.56 bits per heavy atom. The van der Waals surface area contributed by atoms with E-state index in [4.69, 9.17) is 23.2 Å². The number of carbonyl (C=O) groups excluding carboxylic acids is 2. The van der Waals surface area contributed by atoms with E-state index < -0.39 is 28.5 Å². The second-order valence-electron chi connectivity index (χ2n) is 11.2. The molecular weight excluding hydrogens is 605 g/mol. The zero-order valence-electron chi connectivity index (χ0n) is 24.9. The summed E-state index contributed by atoms with van der Waals surface area (Å²) in [6.07, 6.45) is 5.45. The van der Waals surface area contributed by atoms with Gasteiger partial charge in [0.15, 0.2) is 0 Å². The van der Waals surface area contributed by atoms with Gasteiger partial charge >= 0.3 is 0 Å². The fourth-order valence-electron chi connectivity index (χ4n) is 5.48. The summed E-state index contributed by atoms with van der Waals surface area (Å²) in [6, 6.07) is 17.8. The van der Waals surface area contributed by atoms with E-state index in [1.807, 2.05) is 45.0 Å². The minimum absolute atomic E-state index is 0.0227. The van der Waals surface area contributed by atoms with E-state index in [0.717, 1.165) is 53.1 Å². The predicted molar refractivity (Wildman–Crippen MR) is 173 cm³/mol. The molecule has 2 amide bonds. The molecule has 3 aromatic rings. The number of sulfonamides is 1. The molecule has 3 aromatic carbocycles. The van der Waals surface area contributed by atoms with Crippen LogP contribution in [0.1, 0.15) is 62.1 Å². The lowest BCUT2D eigenvalue weighted by Crippen LogP contribution is -2.54. The van der Waals surface area contributed by atoms with E-state index in [1.54, 1.807) is 12.1 Å². The average molecular weight is 645 g/mol. The van der Waals surface area contributed by atoms with Gasteiger partial charge in [-0.1, -0.05) is 91.3 Å². The first-order valence-electron chi connectivity index (χ1n) is 14.7. The van der Waals surface area contributed by atoms with Crippen molar-refractivity contribution >= 4 is 50.7 Å². The Hall–Kier alpha value is -3.07. The molecule has 0 spiro atoms. The van der Waals surface area contributed by atoms with Crippen LogP contribution in [-0.4, -0.2) is 43.8 Å². The van der Waals surface area contributed by atoms with E-state index in [-0.39, 0.29) is 39.1 Å². The van der Waals surface area contributed by atoms with Gasteiger partial charge in [0.25, 0.3) is 10.0 Å². The monoisotopic (exact) mass is 643 g/mol. The number of nitrogens with zero attached hydrogens (tertiary/aromatic N) is 2. The summed E-state index contributed by atoms with van der Waals surface area (Å²) in [4.78, 5) is 29.5. The van der Waals surface area contributed by atoms with Gasteiger partial charge in [0.05, 0.1) is 10.6 Å². The smallest absolute Gasteiger partial charge is 0.264 e. The van der Waals surface area contributed by atoms with Gasteiger partial charge in [-0.05, 0) is 74.6 Å². The van der Waals surface area contributed by atoms with Crippen molar-refractivity contribution in [2.45, 2.75) is 82.8 Å². The quantitative estimate of drug-likeness (QED) is 0.242. The van der Waals surface area contributed by atoms with Crippen molar-refractivity contribution in [2.24, 2.45) is 0 Å². The number of anilines is 1. The summed E-state index contributed by atoms with van der Waals surface area (Å²) in [7, 11) is -4.22. The molecule has 4 rings (SSSR count). The molecule has 1 fully saturated rings. The number of nitrogens with one attached hydrogen (secondary N) is 1. The molecule has 0 saturated heterocycles. The van der Waals surface area contributed by atoms with Crippen LogP contribution in [0, 0.1) is 13.8 Å². The number of aryl methyl sites for hydroxylation is 2. The highest BCUT2D eigenvalue weighted by atomic mass is 35.5. The van der Waals surface area contributed by atoms with Gasteiger partial charge < -0.3 is 10.2 Å². The molecule has 0 unspecified atom stereocenters. The maximum absolute atomic E-state index is 14.3. The molecule has 0 bridgehead atoms. The second-order valence-corrected chi connectivity index (χ2v) is 13.9. The van der Waals surface area contributed by atoms with Crippen molar-refractivity contribution in [1.82, 2.24) is 10.2 Å². The fraction of sp³-hybridized carbons (Fsp3) is 0.394. The zero-order chi connectivity index (χ0) is 31.1. The highest BCUT2D eigenvalue weighted by molar-refractivity contribution is 7.92. The Kier molecular flexibility index (Phi) is 11.2. The Balaban J connectivity index is 1.74. The summed E-state index contributed by atoms with van der Waals surface area (Å²) < 4.78 is 29.1. The zero-order valence-corrected chi connectivity index (χ0v) is 27.2. The molecule has 1 atom stereocenters. The third kappa shape index (κ3) is 8.31. The van der Waals surface area contributed by atoms with Gasteiger partial charge in [0.1, 0.15) is 12.6 Å². The van der Waals surface area contributed by atoms with E-state index >= 15 is 0 Å². The number of hydrogen-bond acceptors (Lipinski definition) is 4. The number of carbonyl (C=O) groups is 2. The molecule has 0 radical (unpaired) electrons. The van der Waals surface area contributed by atoms with Crippen LogP contribution < -0.4 is 9.62 Å². The lowest BCUT2D eigenvalue weighted by Gasteiger charge is -2.34. The first kappa shape index (κ1) is 32.8. The molecular formula is C33H39Cl2N3O4S. The molecule has 0 aromatic heterocycles. The van der Waals surface area contributed by atoms with Gasteiger partial charge in [-0.25, -0.2) is 8.42 Å². The van der Waals surface area contributed by atoms with Crippen LogP contribution in [0.15, 0.2) is 71.6 Å². The Labute approximate surface area is 265 Å². The fourth-order valence-corrected chi connectivity index (χ4v) is 7.40. The third-order valence-corrected chi connectivity index (χ3v) is 10.2. The average Bonchev–Trinajstić information content (AvgIpc) is 2.96. The first-order valence-corrected chi connectivity index (χ1v) is 16.9. The summed E-state index contributed by atoms with van der Waals surface area (Å²) in [6.45, 7) is 5.27. The number of halogens is 2. The highest BCUT2D eigenvalue weighted by Crippen LogP contribution is 2.30. The van der Waals surface area contributed by atoms with E-state index in [0.29, 0.717) is 6.42 Å². The molecule has 1 N–H and O–H groups in total. The van der Waals surface area contributed by atoms with E-state index in [9.17, 15) is 18.0 Å². The van der Waals surface area contributed by atoms with Gasteiger partial charge in [0.2, 0.25) is 11.8 Å². The van der Waals surface area contributed by atoms with Crippen LogP contribution in [0.25, 0.3) is 0 Å². The molecule has 0 aliphatic heterocycles. The predicted octanol–water partition coefficient (Wildman–Crippen LogP) is 7.06. The largest absolute Gasteiger partial charge is 0.352 e. The second kappa shape index (κ2) is 14.6. The number of rotatable bonds is 11. The van der Waals surface area contributed by atoms with E-state index in [2.05, 4.69) is 5.32 Å². The molecule has 0 heterocycles. The lowest BCUT2D eigenvalue weighted by molar-refractivity contribution is -0.140. The number of benzene rings is 3. The van der Waals surface area contributed by atoms with Gasteiger partial charge in [-0.15, -0.1) is 0 Å². The maximum atomic E-state index is 14.3. The van der Waals surface area contributed by atoms with E-state index in [1.165, 1.54) is 35.2 Å². The van der Waals surface area contributed by atoms with Crippen LogP contribution >= 0.6 is 23.2 Å². The molecule has 1 saturated carbocycles. The van der Waals surface area contributed by atoms with Crippen molar-refractivity contribution in [2.75, 3.05) is 10.8 Å². The van der Waals surface area contributed by atoms with Crippen molar-refractivity contribution in [1.29, 1.82) is 0 Å². The first-order chi connectivity index (χ1) is 20.5. The Morgan fingerprint density at radius 1 is 0.930 bits per heavy atom. The molecule has 1 aliphatic carbocycles. The van der Waals surface area contributed by atoms with Crippen LogP contribution in [-0.2, 0) is 26.2 Å². The van der Waals surface area contributed by atoms with Crippen molar-refractivity contribution in [3.8, 4) is 0 Å². The summed E-state index contributed by atoms with van der Waals surface area (Å²) in [5.74, 6) is -0.740. The van der Waals surface area contributed by atoms with Crippen molar-refractivity contribution in [3.05, 3.63) is 93.5 Å². The summed E-state index contributed by atoms with van der Waals surface area (Å²) in [5, 5.41) is 3.63. The SMILES string of the molecule is CC[C@H](C(=O)NC1CCCCC1)N(Cc1ccccc1C)C(=O)CN(c1cc(Cl)cc(Cl)c1)S(=O)(=O)c1ccc(C)cc1. The van der Waals surface area contributed by atoms with Crippen LogP contribution in [0.2, 0.25) is 10.0 Å². The highest BCUT2D eigenvalue weighted by Gasteiger charge is 2.34.